The molecule has 100 valence electrons. The lowest BCUT2D eigenvalue weighted by Crippen LogP contribution is -2.46. The Hall–Kier alpha value is -2.37. The molecular weight excluding hydrogens is 250 g/mol. The van der Waals surface area contributed by atoms with Crippen LogP contribution < -0.4 is 9.64 Å². The van der Waals surface area contributed by atoms with Gasteiger partial charge in [0.25, 0.3) is 5.91 Å². The number of fused-ring (bicyclic) bond motifs is 1. The summed E-state index contributed by atoms with van der Waals surface area (Å²) in [5.74, 6) is -1.30. The highest BCUT2D eigenvalue weighted by molar-refractivity contribution is 6.04. The zero-order valence-electron chi connectivity index (χ0n) is 10.5. The van der Waals surface area contributed by atoms with Gasteiger partial charge in [0, 0.05) is 5.56 Å². The minimum atomic E-state index is -1.11. The summed E-state index contributed by atoms with van der Waals surface area (Å²) in [6.45, 7) is 2.54. The summed E-state index contributed by atoms with van der Waals surface area (Å²) < 4.78 is 5.41. The number of rotatable bonds is 3. The number of anilines is 1. The number of carboxylic acids is 1. The third-order valence-electron chi connectivity index (χ3n) is 2.87. The molecule has 1 aliphatic heterocycles. The summed E-state index contributed by atoms with van der Waals surface area (Å²) in [6.07, 6.45) is -0.769. The van der Waals surface area contributed by atoms with Crippen LogP contribution in [0.15, 0.2) is 18.2 Å². The van der Waals surface area contributed by atoms with Gasteiger partial charge in [0.2, 0.25) is 0 Å². The van der Waals surface area contributed by atoms with Crippen molar-refractivity contribution >= 4 is 23.3 Å². The molecule has 0 bridgehead atoms. The van der Waals surface area contributed by atoms with E-state index in [-0.39, 0.29) is 5.78 Å². The smallest absolute Gasteiger partial charge is 0.323 e. The van der Waals surface area contributed by atoms with Crippen LogP contribution in [0.2, 0.25) is 0 Å². The van der Waals surface area contributed by atoms with E-state index in [2.05, 4.69) is 0 Å². The van der Waals surface area contributed by atoms with Gasteiger partial charge in [0.1, 0.15) is 12.3 Å². The van der Waals surface area contributed by atoms with Crippen molar-refractivity contribution in [3.63, 3.8) is 0 Å². The van der Waals surface area contributed by atoms with Gasteiger partial charge in [0.05, 0.1) is 5.69 Å². The molecule has 1 N–H and O–H groups in total. The number of carbonyl (C=O) groups excluding carboxylic acids is 2. The molecule has 0 radical (unpaired) electrons. The van der Waals surface area contributed by atoms with Crippen molar-refractivity contribution in [3.8, 4) is 5.75 Å². The number of aliphatic carboxylic acids is 1. The average molecular weight is 263 g/mol. The van der Waals surface area contributed by atoms with Crippen molar-refractivity contribution in [2.75, 3.05) is 11.4 Å². The quantitative estimate of drug-likeness (QED) is 0.825. The predicted molar refractivity (Wildman–Crippen MR) is 66.5 cm³/mol. The first kappa shape index (κ1) is 13.1. The largest absolute Gasteiger partial charge is 0.480 e. The molecule has 2 rings (SSSR count). The van der Waals surface area contributed by atoms with E-state index in [9.17, 15) is 14.4 Å². The molecule has 1 aliphatic rings. The van der Waals surface area contributed by atoms with E-state index >= 15 is 0 Å². The Balaban J connectivity index is 2.47. The first-order valence-electron chi connectivity index (χ1n) is 5.75. The fourth-order valence-corrected chi connectivity index (χ4v) is 1.93. The van der Waals surface area contributed by atoms with E-state index in [1.807, 2.05) is 0 Å². The van der Waals surface area contributed by atoms with Crippen molar-refractivity contribution in [2.45, 2.75) is 20.0 Å². The minimum Gasteiger partial charge on any atom is -0.480 e. The summed E-state index contributed by atoms with van der Waals surface area (Å²) in [5.41, 5.74) is 0.825. The molecule has 1 unspecified atom stereocenters. The van der Waals surface area contributed by atoms with Gasteiger partial charge in [-0.25, -0.2) is 0 Å². The second-order valence-electron chi connectivity index (χ2n) is 4.32. The number of carbonyl (C=O) groups is 3. The van der Waals surface area contributed by atoms with Crippen LogP contribution in [0.25, 0.3) is 0 Å². The van der Waals surface area contributed by atoms with Gasteiger partial charge < -0.3 is 9.84 Å². The van der Waals surface area contributed by atoms with Crippen LogP contribution in [0, 0.1) is 0 Å². The average Bonchev–Trinajstić information content (AvgIpc) is 2.33. The third kappa shape index (κ3) is 2.42. The Labute approximate surface area is 109 Å². The van der Waals surface area contributed by atoms with Crippen molar-refractivity contribution in [1.82, 2.24) is 0 Å². The van der Waals surface area contributed by atoms with Gasteiger partial charge in [-0.1, -0.05) is 0 Å². The lowest BCUT2D eigenvalue weighted by molar-refractivity contribution is -0.137. The minimum absolute atomic E-state index is 0.124. The maximum absolute atomic E-state index is 11.9. The highest BCUT2D eigenvalue weighted by Gasteiger charge is 2.32. The summed E-state index contributed by atoms with van der Waals surface area (Å²) in [6, 6.07) is 4.59. The summed E-state index contributed by atoms with van der Waals surface area (Å²) in [4.78, 5) is 35.2. The Morgan fingerprint density at radius 2 is 2.11 bits per heavy atom. The Morgan fingerprint density at radius 1 is 1.42 bits per heavy atom. The zero-order chi connectivity index (χ0) is 14.2. The van der Waals surface area contributed by atoms with Gasteiger partial charge >= 0.3 is 5.97 Å². The molecule has 6 heteroatoms. The Kier molecular flexibility index (Phi) is 3.25. The predicted octanol–water partition coefficient (Wildman–Crippen LogP) is 1.09. The number of benzene rings is 1. The van der Waals surface area contributed by atoms with E-state index in [0.29, 0.717) is 17.0 Å². The highest BCUT2D eigenvalue weighted by atomic mass is 16.5. The molecule has 1 aromatic rings. The second kappa shape index (κ2) is 4.72. The van der Waals surface area contributed by atoms with Gasteiger partial charge in [0.15, 0.2) is 11.9 Å². The third-order valence-corrected chi connectivity index (χ3v) is 2.87. The molecule has 1 amide bonds. The maximum atomic E-state index is 11.9. The fraction of sp³-hybridized carbons (Fsp3) is 0.308. The lowest BCUT2D eigenvalue weighted by Gasteiger charge is -2.32. The van der Waals surface area contributed by atoms with Gasteiger partial charge in [-0.3, -0.25) is 19.3 Å². The monoisotopic (exact) mass is 263 g/mol. The number of hydrogen-bond donors (Lipinski definition) is 1. The first-order chi connectivity index (χ1) is 8.90. The maximum Gasteiger partial charge on any atom is 0.323 e. The van der Waals surface area contributed by atoms with E-state index in [1.165, 1.54) is 19.1 Å². The SMILES string of the molecule is CC(=O)c1ccc2c(c1)OC(C)C(=O)N2CC(=O)O. The molecule has 1 atom stereocenters. The van der Waals surface area contributed by atoms with Crippen molar-refractivity contribution in [3.05, 3.63) is 23.8 Å². The molecule has 19 heavy (non-hydrogen) atoms. The molecule has 0 spiro atoms. The van der Waals surface area contributed by atoms with Crippen molar-refractivity contribution < 1.29 is 24.2 Å². The van der Waals surface area contributed by atoms with Gasteiger partial charge in [-0.2, -0.15) is 0 Å². The van der Waals surface area contributed by atoms with Crippen LogP contribution in [0.3, 0.4) is 0 Å². The Morgan fingerprint density at radius 3 is 2.68 bits per heavy atom. The number of amides is 1. The summed E-state index contributed by atoms with van der Waals surface area (Å²) in [7, 11) is 0. The van der Waals surface area contributed by atoms with Crippen LogP contribution in [0.4, 0.5) is 5.69 Å². The standard InChI is InChI=1S/C13H13NO5/c1-7(15)9-3-4-10-11(5-9)19-8(2)13(18)14(10)6-12(16)17/h3-5,8H,6H2,1-2H3,(H,16,17). The second-order valence-corrected chi connectivity index (χ2v) is 4.32. The molecule has 0 aromatic heterocycles. The molecule has 0 saturated carbocycles. The summed E-state index contributed by atoms with van der Waals surface area (Å²) in [5, 5.41) is 8.85. The van der Waals surface area contributed by atoms with Crippen LogP contribution in [0.1, 0.15) is 24.2 Å². The summed E-state index contributed by atoms with van der Waals surface area (Å²) >= 11 is 0. The number of nitrogens with zero attached hydrogens (tertiary/aromatic N) is 1. The van der Waals surface area contributed by atoms with E-state index in [4.69, 9.17) is 9.84 Å². The topological polar surface area (TPSA) is 83.9 Å². The number of hydrogen-bond acceptors (Lipinski definition) is 4. The molecule has 1 aromatic carbocycles. The van der Waals surface area contributed by atoms with Crippen molar-refractivity contribution in [1.29, 1.82) is 0 Å². The molecule has 0 fully saturated rings. The van der Waals surface area contributed by atoms with Gasteiger partial charge in [-0.15, -0.1) is 0 Å². The fourth-order valence-electron chi connectivity index (χ4n) is 1.93. The van der Waals surface area contributed by atoms with Crippen molar-refractivity contribution in [2.24, 2.45) is 0 Å². The first-order valence-corrected chi connectivity index (χ1v) is 5.75. The van der Waals surface area contributed by atoms with E-state index in [0.717, 1.165) is 4.90 Å². The molecular formula is C13H13NO5. The molecule has 1 heterocycles. The number of ether oxygens (including phenoxy) is 1. The molecule has 0 aliphatic carbocycles. The molecule has 6 nitrogen and oxygen atoms in total. The lowest BCUT2D eigenvalue weighted by atomic mass is 10.1. The van der Waals surface area contributed by atoms with Gasteiger partial charge in [-0.05, 0) is 32.0 Å². The number of Topliss-reactive ketones (excluding diaryl/α,β-unsaturated/α-hetero) is 1. The van der Waals surface area contributed by atoms with Crippen LogP contribution in [0.5, 0.6) is 5.75 Å². The van der Waals surface area contributed by atoms with Crippen LogP contribution >= 0.6 is 0 Å². The highest BCUT2D eigenvalue weighted by Crippen LogP contribution is 2.34. The van der Waals surface area contributed by atoms with Crippen LogP contribution in [-0.4, -0.2) is 35.4 Å². The van der Waals surface area contributed by atoms with E-state index < -0.39 is 24.5 Å². The normalized spacial score (nSPS) is 17.7. The Bertz CT molecular complexity index is 566. The molecule has 0 saturated heterocycles. The van der Waals surface area contributed by atoms with E-state index in [1.54, 1.807) is 13.0 Å². The zero-order valence-corrected chi connectivity index (χ0v) is 10.5. The number of carboxylic acid groups (broad SMARTS) is 1. The van der Waals surface area contributed by atoms with Crippen LogP contribution in [-0.2, 0) is 9.59 Å². The number of ketones is 1.